The molecule has 132 valence electrons. The molecule has 0 fully saturated rings. The Morgan fingerprint density at radius 1 is 1.16 bits per heavy atom. The Morgan fingerprint density at radius 3 is 2.52 bits per heavy atom. The summed E-state index contributed by atoms with van der Waals surface area (Å²) in [6.45, 7) is 3.86. The highest BCUT2D eigenvalue weighted by molar-refractivity contribution is 7.92. The zero-order chi connectivity index (χ0) is 18.0. The molecule has 6 heteroatoms. The highest BCUT2D eigenvalue weighted by Gasteiger charge is 2.31. The number of anilines is 2. The van der Waals surface area contributed by atoms with E-state index in [-0.39, 0.29) is 10.8 Å². The van der Waals surface area contributed by atoms with E-state index in [0.717, 1.165) is 30.4 Å². The number of sulfonamides is 1. The Bertz CT molecular complexity index is 889. The van der Waals surface area contributed by atoms with E-state index in [1.807, 2.05) is 31.2 Å². The molecule has 0 spiro atoms. The summed E-state index contributed by atoms with van der Waals surface area (Å²) in [6, 6.07) is 12.5. The number of benzene rings is 2. The van der Waals surface area contributed by atoms with Gasteiger partial charge in [-0.3, -0.25) is 9.10 Å². The average Bonchev–Trinajstić information content (AvgIpc) is 2.61. The van der Waals surface area contributed by atoms with Gasteiger partial charge in [0.2, 0.25) is 5.91 Å². The number of nitrogens with one attached hydrogen (secondary N) is 1. The second-order valence-corrected chi connectivity index (χ2v) is 8.04. The molecule has 1 heterocycles. The maximum Gasteiger partial charge on any atom is 0.264 e. The fourth-order valence-corrected chi connectivity index (χ4v) is 4.73. The van der Waals surface area contributed by atoms with Crippen LogP contribution < -0.4 is 9.62 Å². The molecule has 0 aliphatic carbocycles. The Labute approximate surface area is 148 Å². The first-order valence-electron chi connectivity index (χ1n) is 8.44. The molecule has 1 N–H and O–H groups in total. The number of hydrogen-bond donors (Lipinski definition) is 1. The Morgan fingerprint density at radius 2 is 1.88 bits per heavy atom. The van der Waals surface area contributed by atoms with Crippen molar-refractivity contribution in [3.05, 3.63) is 53.6 Å². The quantitative estimate of drug-likeness (QED) is 0.911. The Balaban J connectivity index is 2.08. The maximum atomic E-state index is 13.2. The summed E-state index contributed by atoms with van der Waals surface area (Å²) in [4.78, 5) is 11.8. The van der Waals surface area contributed by atoms with Crippen molar-refractivity contribution in [1.82, 2.24) is 0 Å². The summed E-state index contributed by atoms with van der Waals surface area (Å²) in [5.41, 5.74) is 3.16. The van der Waals surface area contributed by atoms with Crippen LogP contribution in [0, 0.1) is 0 Å². The number of fused-ring (bicyclic) bond motifs is 1. The van der Waals surface area contributed by atoms with Crippen LogP contribution in [0.5, 0.6) is 0 Å². The minimum atomic E-state index is -3.68. The third-order valence-electron chi connectivity index (χ3n) is 4.41. The van der Waals surface area contributed by atoms with E-state index in [2.05, 4.69) is 5.32 Å². The van der Waals surface area contributed by atoms with Crippen molar-refractivity contribution < 1.29 is 13.2 Å². The first kappa shape index (κ1) is 17.5. The summed E-state index contributed by atoms with van der Waals surface area (Å²) in [5, 5.41) is 2.76. The van der Waals surface area contributed by atoms with Crippen LogP contribution in [0.2, 0.25) is 0 Å². The molecule has 0 atom stereocenters. The number of carbonyl (C=O) groups excluding carboxylic acids is 1. The summed E-state index contributed by atoms with van der Waals surface area (Å²) < 4.78 is 27.8. The van der Waals surface area contributed by atoms with Gasteiger partial charge < -0.3 is 5.32 Å². The molecule has 0 unspecified atom stereocenters. The SMILES string of the molecule is CCc1ccc(S(=O)(=O)N2CCCc3cccc(NC(C)=O)c32)cc1. The molecular formula is C19H22N2O3S. The lowest BCUT2D eigenvalue weighted by molar-refractivity contribution is -0.114. The van der Waals surface area contributed by atoms with Gasteiger partial charge in [-0.1, -0.05) is 31.2 Å². The van der Waals surface area contributed by atoms with Crippen LogP contribution in [-0.2, 0) is 27.7 Å². The van der Waals surface area contributed by atoms with Gasteiger partial charge in [-0.2, -0.15) is 0 Å². The predicted molar refractivity (Wildman–Crippen MR) is 99.4 cm³/mol. The van der Waals surface area contributed by atoms with Crippen molar-refractivity contribution in [2.75, 3.05) is 16.2 Å². The molecule has 0 saturated heterocycles. The van der Waals surface area contributed by atoms with Crippen molar-refractivity contribution in [3.8, 4) is 0 Å². The molecule has 5 nitrogen and oxygen atoms in total. The van der Waals surface area contributed by atoms with Crippen molar-refractivity contribution in [3.63, 3.8) is 0 Å². The van der Waals surface area contributed by atoms with Crippen LogP contribution in [0.1, 0.15) is 31.4 Å². The molecule has 2 aromatic rings. The summed E-state index contributed by atoms with van der Waals surface area (Å²) in [7, 11) is -3.68. The van der Waals surface area contributed by atoms with Crippen molar-refractivity contribution >= 4 is 27.3 Å². The van der Waals surface area contributed by atoms with Crippen LogP contribution in [0.4, 0.5) is 11.4 Å². The van der Waals surface area contributed by atoms with Gasteiger partial charge in [0.1, 0.15) is 0 Å². The van der Waals surface area contributed by atoms with E-state index in [0.29, 0.717) is 17.9 Å². The Hall–Kier alpha value is -2.34. The van der Waals surface area contributed by atoms with Gasteiger partial charge in [-0.15, -0.1) is 0 Å². The van der Waals surface area contributed by atoms with Gasteiger partial charge in [-0.05, 0) is 48.6 Å². The van der Waals surface area contributed by atoms with Gasteiger partial charge >= 0.3 is 0 Å². The molecule has 0 bridgehead atoms. The van der Waals surface area contributed by atoms with E-state index in [9.17, 15) is 13.2 Å². The monoisotopic (exact) mass is 358 g/mol. The van der Waals surface area contributed by atoms with E-state index >= 15 is 0 Å². The summed E-state index contributed by atoms with van der Waals surface area (Å²) in [6.07, 6.45) is 2.41. The molecular weight excluding hydrogens is 336 g/mol. The fraction of sp³-hybridized carbons (Fsp3) is 0.316. The molecule has 2 aromatic carbocycles. The smallest absolute Gasteiger partial charge is 0.264 e. The number of carbonyl (C=O) groups is 1. The minimum absolute atomic E-state index is 0.219. The number of rotatable bonds is 4. The normalized spacial score (nSPS) is 14.1. The maximum absolute atomic E-state index is 13.2. The number of nitrogens with zero attached hydrogens (tertiary/aromatic N) is 1. The zero-order valence-electron chi connectivity index (χ0n) is 14.5. The van der Waals surface area contributed by atoms with Gasteiger partial charge in [0.05, 0.1) is 16.3 Å². The van der Waals surface area contributed by atoms with Crippen molar-refractivity contribution in [1.29, 1.82) is 0 Å². The van der Waals surface area contributed by atoms with Crippen molar-refractivity contribution in [2.45, 2.75) is 38.0 Å². The number of amides is 1. The molecule has 0 saturated carbocycles. The number of para-hydroxylation sites is 1. The fourth-order valence-electron chi connectivity index (χ4n) is 3.17. The molecule has 1 aliphatic rings. The average molecular weight is 358 g/mol. The minimum Gasteiger partial charge on any atom is -0.325 e. The van der Waals surface area contributed by atoms with Gasteiger partial charge in [0, 0.05) is 13.5 Å². The zero-order valence-corrected chi connectivity index (χ0v) is 15.3. The van der Waals surface area contributed by atoms with Crippen LogP contribution in [0.15, 0.2) is 47.4 Å². The lowest BCUT2D eigenvalue weighted by atomic mass is 10.0. The summed E-state index contributed by atoms with van der Waals surface area (Å²) >= 11 is 0. The third-order valence-corrected chi connectivity index (χ3v) is 6.22. The second kappa shape index (κ2) is 6.88. The Kier molecular flexibility index (Phi) is 4.81. The largest absolute Gasteiger partial charge is 0.325 e. The van der Waals surface area contributed by atoms with Gasteiger partial charge in [-0.25, -0.2) is 8.42 Å². The standard InChI is InChI=1S/C19H22N2O3S/c1-3-15-9-11-17(12-10-15)25(23,24)21-13-5-7-16-6-4-8-18(19(16)21)20-14(2)22/h4,6,8-12H,3,5,7,13H2,1-2H3,(H,20,22). The molecule has 1 aliphatic heterocycles. The highest BCUT2D eigenvalue weighted by Crippen LogP contribution is 2.38. The molecule has 0 radical (unpaired) electrons. The molecule has 25 heavy (non-hydrogen) atoms. The molecule has 0 aromatic heterocycles. The van der Waals surface area contributed by atoms with E-state index in [1.165, 1.54) is 11.2 Å². The van der Waals surface area contributed by atoms with Crippen molar-refractivity contribution in [2.24, 2.45) is 0 Å². The van der Waals surface area contributed by atoms with Gasteiger partial charge in [0.15, 0.2) is 0 Å². The number of aryl methyl sites for hydroxylation is 2. The topological polar surface area (TPSA) is 66.5 Å². The van der Waals surface area contributed by atoms with Gasteiger partial charge in [0.25, 0.3) is 10.0 Å². The highest BCUT2D eigenvalue weighted by atomic mass is 32.2. The molecule has 1 amide bonds. The van der Waals surface area contributed by atoms with E-state index < -0.39 is 10.0 Å². The van der Waals surface area contributed by atoms with Crippen LogP contribution >= 0.6 is 0 Å². The predicted octanol–water partition coefficient (Wildman–Crippen LogP) is 3.35. The van der Waals surface area contributed by atoms with E-state index in [4.69, 9.17) is 0 Å². The van der Waals surface area contributed by atoms with Crippen LogP contribution in [-0.4, -0.2) is 20.9 Å². The molecule has 3 rings (SSSR count). The first-order chi connectivity index (χ1) is 11.9. The lowest BCUT2D eigenvalue weighted by Gasteiger charge is -2.32. The van der Waals surface area contributed by atoms with E-state index in [1.54, 1.807) is 18.2 Å². The van der Waals surface area contributed by atoms with Crippen LogP contribution in [0.25, 0.3) is 0 Å². The summed E-state index contributed by atoms with van der Waals surface area (Å²) in [5.74, 6) is -0.219. The number of hydrogen-bond acceptors (Lipinski definition) is 3. The van der Waals surface area contributed by atoms with Crippen LogP contribution in [0.3, 0.4) is 0 Å². The second-order valence-electron chi connectivity index (χ2n) is 6.17. The first-order valence-corrected chi connectivity index (χ1v) is 9.88. The lowest BCUT2D eigenvalue weighted by Crippen LogP contribution is -2.36. The third kappa shape index (κ3) is 3.39.